The van der Waals surface area contributed by atoms with E-state index in [1.165, 1.54) is 0 Å². The molecule has 0 aromatic rings. The number of hydrogen-bond acceptors (Lipinski definition) is 5. The summed E-state index contributed by atoms with van der Waals surface area (Å²) in [5.41, 5.74) is 0. The lowest BCUT2D eigenvalue weighted by atomic mass is 10.3. The molecule has 0 aromatic carbocycles. The van der Waals surface area contributed by atoms with Crippen molar-refractivity contribution in [1.82, 2.24) is 0 Å². The quantitative estimate of drug-likeness (QED) is 0.482. The smallest absolute Gasteiger partial charge is 0.0638 e. The lowest BCUT2D eigenvalue weighted by molar-refractivity contribution is 0.191. The van der Waals surface area contributed by atoms with Crippen molar-refractivity contribution in [3.63, 3.8) is 0 Å². The molecule has 0 bridgehead atoms. The summed E-state index contributed by atoms with van der Waals surface area (Å²) in [4.78, 5) is 0. The third-order valence-electron chi connectivity index (χ3n) is 1.55. The number of thioether (sulfide) groups is 1. The first-order valence-electron chi connectivity index (χ1n) is 4.36. The van der Waals surface area contributed by atoms with Crippen LogP contribution in [0.3, 0.4) is 0 Å². The normalized spacial score (nSPS) is 15.7. The minimum absolute atomic E-state index is 0.286. The van der Waals surface area contributed by atoms with Crippen LogP contribution in [-0.4, -0.2) is 45.4 Å². The Kier molecular flexibility index (Phi) is 10.2. The summed E-state index contributed by atoms with van der Waals surface area (Å²) in [5, 5.41) is 18.7. The molecule has 0 rings (SSSR count). The lowest BCUT2D eigenvalue weighted by Gasteiger charge is -2.11. The summed E-state index contributed by atoms with van der Waals surface area (Å²) in [7, 11) is 0. The zero-order valence-corrected chi connectivity index (χ0v) is 10.2. The standard InChI is InChI=1S/C8H18O2S3/c9-7(1-3-11)5-13-6-8(10)2-4-12/h7-12H,1-6H2. The molecule has 2 atom stereocenters. The Morgan fingerprint density at radius 2 is 1.31 bits per heavy atom. The number of aliphatic hydroxyl groups is 2. The van der Waals surface area contributed by atoms with Crippen LogP contribution in [0, 0.1) is 0 Å². The predicted molar refractivity (Wildman–Crippen MR) is 66.3 cm³/mol. The van der Waals surface area contributed by atoms with Gasteiger partial charge in [-0.15, -0.1) is 0 Å². The van der Waals surface area contributed by atoms with Gasteiger partial charge in [-0.1, -0.05) is 0 Å². The second kappa shape index (κ2) is 9.52. The van der Waals surface area contributed by atoms with E-state index in [0.717, 1.165) is 12.8 Å². The van der Waals surface area contributed by atoms with Gasteiger partial charge in [0.05, 0.1) is 12.2 Å². The number of aliphatic hydroxyl groups excluding tert-OH is 2. The molecule has 0 spiro atoms. The molecular weight excluding hydrogens is 224 g/mol. The average molecular weight is 242 g/mol. The van der Waals surface area contributed by atoms with Crippen LogP contribution < -0.4 is 0 Å². The van der Waals surface area contributed by atoms with E-state index in [2.05, 4.69) is 25.3 Å². The topological polar surface area (TPSA) is 40.5 Å². The Morgan fingerprint density at radius 1 is 0.923 bits per heavy atom. The Balaban J connectivity index is 3.23. The second-order valence-corrected chi connectivity index (χ2v) is 4.84. The molecule has 13 heavy (non-hydrogen) atoms. The molecule has 0 saturated heterocycles. The van der Waals surface area contributed by atoms with Gasteiger partial charge in [-0.25, -0.2) is 0 Å². The fourth-order valence-corrected chi connectivity index (χ4v) is 2.41. The van der Waals surface area contributed by atoms with E-state index in [1.807, 2.05) is 0 Å². The van der Waals surface area contributed by atoms with Gasteiger partial charge in [0.2, 0.25) is 0 Å². The van der Waals surface area contributed by atoms with Gasteiger partial charge in [-0.3, -0.25) is 0 Å². The summed E-state index contributed by atoms with van der Waals surface area (Å²) in [6, 6.07) is 0. The van der Waals surface area contributed by atoms with Crippen LogP contribution in [-0.2, 0) is 0 Å². The van der Waals surface area contributed by atoms with Crippen molar-refractivity contribution in [2.45, 2.75) is 25.0 Å². The van der Waals surface area contributed by atoms with Crippen LogP contribution >= 0.6 is 37.0 Å². The first kappa shape index (κ1) is 14.0. The highest BCUT2D eigenvalue weighted by Crippen LogP contribution is 2.09. The van der Waals surface area contributed by atoms with E-state index < -0.39 is 0 Å². The van der Waals surface area contributed by atoms with Gasteiger partial charge in [0.1, 0.15) is 0 Å². The molecule has 0 radical (unpaired) electrons. The SMILES string of the molecule is OC(CCS)CSCC(O)CCS. The van der Waals surface area contributed by atoms with Crippen LogP contribution in [0.4, 0.5) is 0 Å². The summed E-state index contributed by atoms with van der Waals surface area (Å²) in [6.07, 6.45) is 0.869. The first-order valence-corrected chi connectivity index (χ1v) is 6.78. The molecule has 2 unspecified atom stereocenters. The molecule has 0 aliphatic carbocycles. The van der Waals surface area contributed by atoms with Gasteiger partial charge in [0.25, 0.3) is 0 Å². The minimum atomic E-state index is -0.286. The van der Waals surface area contributed by atoms with Gasteiger partial charge in [-0.2, -0.15) is 37.0 Å². The third kappa shape index (κ3) is 9.28. The molecule has 2 nitrogen and oxygen atoms in total. The van der Waals surface area contributed by atoms with Crippen molar-refractivity contribution in [3.8, 4) is 0 Å². The Hall–Kier alpha value is 0.970. The molecule has 0 aliphatic rings. The molecule has 0 fully saturated rings. The van der Waals surface area contributed by atoms with Crippen LogP contribution in [0.1, 0.15) is 12.8 Å². The fourth-order valence-electron chi connectivity index (χ4n) is 0.805. The molecule has 0 aromatic heterocycles. The zero-order valence-electron chi connectivity index (χ0n) is 7.59. The number of rotatable bonds is 8. The first-order chi connectivity index (χ1) is 6.20. The molecular formula is C8H18O2S3. The van der Waals surface area contributed by atoms with E-state index in [9.17, 15) is 10.2 Å². The van der Waals surface area contributed by atoms with E-state index in [4.69, 9.17) is 0 Å². The van der Waals surface area contributed by atoms with E-state index >= 15 is 0 Å². The zero-order chi connectivity index (χ0) is 10.1. The van der Waals surface area contributed by atoms with Crippen LogP contribution in [0.25, 0.3) is 0 Å². The number of thiol groups is 2. The third-order valence-corrected chi connectivity index (χ3v) is 3.30. The maximum Gasteiger partial charge on any atom is 0.0638 e. The highest BCUT2D eigenvalue weighted by Gasteiger charge is 2.06. The van der Waals surface area contributed by atoms with Crippen molar-refractivity contribution in [1.29, 1.82) is 0 Å². The summed E-state index contributed by atoms with van der Waals surface area (Å²) >= 11 is 9.64. The van der Waals surface area contributed by atoms with Crippen molar-refractivity contribution in [2.24, 2.45) is 0 Å². The van der Waals surface area contributed by atoms with Crippen molar-refractivity contribution in [2.75, 3.05) is 23.0 Å². The predicted octanol–water partition coefficient (Wildman–Crippen LogP) is 1.08. The monoisotopic (exact) mass is 242 g/mol. The summed E-state index contributed by atoms with van der Waals surface area (Å²) < 4.78 is 0. The lowest BCUT2D eigenvalue weighted by Crippen LogP contribution is -2.15. The highest BCUT2D eigenvalue weighted by atomic mass is 32.2. The summed E-state index contributed by atoms with van der Waals surface area (Å²) in [5.74, 6) is 2.79. The Bertz CT molecular complexity index is 102. The molecule has 80 valence electrons. The van der Waals surface area contributed by atoms with E-state index in [1.54, 1.807) is 11.8 Å². The van der Waals surface area contributed by atoms with Gasteiger partial charge in [0.15, 0.2) is 0 Å². The molecule has 5 heteroatoms. The van der Waals surface area contributed by atoms with Gasteiger partial charge < -0.3 is 10.2 Å². The van der Waals surface area contributed by atoms with Crippen LogP contribution in [0.15, 0.2) is 0 Å². The molecule has 2 N–H and O–H groups in total. The molecule has 0 saturated carbocycles. The second-order valence-electron chi connectivity index (χ2n) is 2.87. The molecule has 0 amide bonds. The summed E-state index contributed by atoms with van der Waals surface area (Å²) in [6.45, 7) is 0. The van der Waals surface area contributed by atoms with Gasteiger partial charge in [-0.05, 0) is 24.3 Å². The maximum atomic E-state index is 9.33. The average Bonchev–Trinajstić information content (AvgIpc) is 2.05. The van der Waals surface area contributed by atoms with Gasteiger partial charge >= 0.3 is 0 Å². The molecule has 0 heterocycles. The van der Waals surface area contributed by atoms with E-state index in [-0.39, 0.29) is 12.2 Å². The minimum Gasteiger partial charge on any atom is -0.392 e. The van der Waals surface area contributed by atoms with Crippen molar-refractivity contribution in [3.05, 3.63) is 0 Å². The maximum absolute atomic E-state index is 9.33. The fraction of sp³-hybridized carbons (Fsp3) is 1.00. The van der Waals surface area contributed by atoms with Crippen molar-refractivity contribution >= 4 is 37.0 Å². The molecule has 0 aliphatic heterocycles. The largest absolute Gasteiger partial charge is 0.392 e. The van der Waals surface area contributed by atoms with Crippen LogP contribution in [0.2, 0.25) is 0 Å². The Labute approximate surface area is 95.3 Å². The van der Waals surface area contributed by atoms with Crippen molar-refractivity contribution < 1.29 is 10.2 Å². The Morgan fingerprint density at radius 3 is 1.62 bits per heavy atom. The number of hydrogen-bond donors (Lipinski definition) is 4. The van der Waals surface area contributed by atoms with Gasteiger partial charge in [0, 0.05) is 11.5 Å². The van der Waals surface area contributed by atoms with Crippen LogP contribution in [0.5, 0.6) is 0 Å². The van der Waals surface area contributed by atoms with E-state index in [0.29, 0.717) is 23.0 Å². The highest BCUT2D eigenvalue weighted by molar-refractivity contribution is 7.99.